The third-order valence-electron chi connectivity index (χ3n) is 5.83. The Hall–Kier alpha value is -2.63. The van der Waals surface area contributed by atoms with E-state index in [-0.39, 0.29) is 11.8 Å². The van der Waals surface area contributed by atoms with E-state index in [1.807, 2.05) is 41.9 Å². The predicted molar refractivity (Wildman–Crippen MR) is 114 cm³/mol. The van der Waals surface area contributed by atoms with Gasteiger partial charge in [-0.1, -0.05) is 29.8 Å². The molecule has 1 N–H and O–H groups in total. The van der Waals surface area contributed by atoms with Crippen molar-refractivity contribution in [3.05, 3.63) is 69.4 Å². The Morgan fingerprint density at radius 2 is 2.07 bits per heavy atom. The second kappa shape index (κ2) is 7.65. The van der Waals surface area contributed by atoms with Crippen molar-refractivity contribution in [1.82, 2.24) is 9.88 Å². The highest BCUT2D eigenvalue weighted by Crippen LogP contribution is 2.35. The number of Topliss-reactive ketones (excluding diaryl/α,β-unsaturated/α-hetero) is 1. The highest BCUT2D eigenvalue weighted by molar-refractivity contribution is 6.36. The summed E-state index contributed by atoms with van der Waals surface area (Å²) in [6.07, 6.45) is 1.92. The Bertz CT molecular complexity index is 1130. The molecule has 0 spiro atoms. The zero-order chi connectivity index (χ0) is 20.7. The number of fused-ring (bicyclic) bond motifs is 2. The lowest BCUT2D eigenvalue weighted by atomic mass is 10.0. The van der Waals surface area contributed by atoms with E-state index < -0.39 is 5.97 Å². The van der Waals surface area contributed by atoms with Crippen molar-refractivity contribution in [2.45, 2.75) is 32.4 Å². The number of aryl methyl sites for hydroxylation is 2. The summed E-state index contributed by atoms with van der Waals surface area (Å²) in [5.41, 5.74) is 5.37. The summed E-state index contributed by atoms with van der Waals surface area (Å²) in [5, 5.41) is 4.82. The summed E-state index contributed by atoms with van der Waals surface area (Å²) in [7, 11) is 3.31. The second-order valence-electron chi connectivity index (χ2n) is 7.45. The molecule has 0 fully saturated rings. The van der Waals surface area contributed by atoms with E-state index in [9.17, 15) is 9.59 Å². The van der Waals surface area contributed by atoms with E-state index in [4.69, 9.17) is 16.3 Å². The molecule has 0 radical (unpaired) electrons. The molecule has 0 aliphatic heterocycles. The van der Waals surface area contributed by atoms with E-state index >= 15 is 0 Å². The molecule has 0 bridgehead atoms. The van der Waals surface area contributed by atoms with Crippen LogP contribution in [0.1, 0.15) is 56.9 Å². The van der Waals surface area contributed by atoms with Crippen molar-refractivity contribution >= 4 is 34.3 Å². The molecule has 3 aromatic rings. The molecule has 6 heteroatoms. The standard InChI is InChI=1S/C23H23ClN2O3/c1-13(27)15-8-7-14-9-10-18(16(14)11-15)25-12-20-22(23(28)29-3)21-17(24)5-4-6-19(21)26(20)2/h4-8,11,18,25H,9-10,12H2,1-3H3. The van der Waals surface area contributed by atoms with Crippen LogP contribution in [-0.4, -0.2) is 23.4 Å². The average Bonchev–Trinajstić information content (AvgIpc) is 3.25. The van der Waals surface area contributed by atoms with Gasteiger partial charge in [-0.25, -0.2) is 4.79 Å². The average molecular weight is 411 g/mol. The maximum Gasteiger partial charge on any atom is 0.340 e. The van der Waals surface area contributed by atoms with Crippen LogP contribution in [0.2, 0.25) is 5.02 Å². The quantitative estimate of drug-likeness (QED) is 0.493. The number of nitrogens with one attached hydrogen (secondary N) is 1. The van der Waals surface area contributed by atoms with Crippen LogP contribution in [0.4, 0.5) is 0 Å². The summed E-state index contributed by atoms with van der Waals surface area (Å²) in [4.78, 5) is 24.3. The first kappa shape index (κ1) is 19.7. The van der Waals surface area contributed by atoms with Crippen molar-refractivity contribution in [3.63, 3.8) is 0 Å². The van der Waals surface area contributed by atoms with Crippen molar-refractivity contribution in [3.8, 4) is 0 Å². The SMILES string of the molecule is COC(=O)c1c(CNC2CCc3ccc(C(C)=O)cc32)n(C)c2cccc(Cl)c12. The van der Waals surface area contributed by atoms with Crippen molar-refractivity contribution in [1.29, 1.82) is 0 Å². The van der Waals surface area contributed by atoms with E-state index in [1.165, 1.54) is 12.7 Å². The van der Waals surface area contributed by atoms with Gasteiger partial charge in [0.25, 0.3) is 0 Å². The molecular weight excluding hydrogens is 388 g/mol. The van der Waals surface area contributed by atoms with Gasteiger partial charge < -0.3 is 14.6 Å². The largest absolute Gasteiger partial charge is 0.465 e. The van der Waals surface area contributed by atoms with Crippen molar-refractivity contribution in [2.75, 3.05) is 7.11 Å². The summed E-state index contributed by atoms with van der Waals surface area (Å²) in [6, 6.07) is 11.7. The normalized spacial score (nSPS) is 15.5. The number of esters is 1. The Kier molecular flexibility index (Phi) is 5.19. The molecule has 4 rings (SSSR count). The van der Waals surface area contributed by atoms with Gasteiger partial charge in [-0.2, -0.15) is 0 Å². The minimum Gasteiger partial charge on any atom is -0.465 e. The Labute approximate surface area is 174 Å². The smallest absolute Gasteiger partial charge is 0.340 e. The third kappa shape index (κ3) is 3.34. The van der Waals surface area contributed by atoms with E-state index in [1.54, 1.807) is 13.0 Å². The monoisotopic (exact) mass is 410 g/mol. The summed E-state index contributed by atoms with van der Waals surface area (Å²) >= 11 is 6.42. The number of hydrogen-bond acceptors (Lipinski definition) is 4. The predicted octanol–water partition coefficient (Wildman–Crippen LogP) is 4.60. The maximum absolute atomic E-state index is 12.6. The number of benzene rings is 2. The number of methoxy groups -OCH3 is 1. The van der Waals surface area contributed by atoms with Gasteiger partial charge in [-0.05, 0) is 49.1 Å². The van der Waals surface area contributed by atoms with Gasteiger partial charge in [0.05, 0.1) is 23.2 Å². The molecule has 1 aliphatic carbocycles. The molecule has 0 saturated heterocycles. The molecule has 29 heavy (non-hydrogen) atoms. The van der Waals surface area contributed by atoms with Gasteiger partial charge in [0.15, 0.2) is 5.78 Å². The van der Waals surface area contributed by atoms with Gasteiger partial charge in [-0.3, -0.25) is 4.79 Å². The number of carbonyl (C=O) groups excluding carboxylic acids is 2. The lowest BCUT2D eigenvalue weighted by molar-refractivity contribution is 0.0601. The molecule has 5 nitrogen and oxygen atoms in total. The minimum atomic E-state index is -0.397. The van der Waals surface area contributed by atoms with E-state index in [0.717, 1.165) is 35.2 Å². The second-order valence-corrected chi connectivity index (χ2v) is 7.86. The topological polar surface area (TPSA) is 60.3 Å². The van der Waals surface area contributed by atoms with Crippen molar-refractivity contribution in [2.24, 2.45) is 7.05 Å². The van der Waals surface area contributed by atoms with E-state index in [2.05, 4.69) is 5.32 Å². The number of hydrogen-bond donors (Lipinski definition) is 1. The van der Waals surface area contributed by atoms with Gasteiger partial charge in [0, 0.05) is 36.3 Å². The number of rotatable bonds is 5. The fraction of sp³-hybridized carbons (Fsp3) is 0.304. The zero-order valence-corrected chi connectivity index (χ0v) is 17.5. The molecule has 0 saturated carbocycles. The third-order valence-corrected chi connectivity index (χ3v) is 6.15. The Morgan fingerprint density at radius 1 is 1.28 bits per heavy atom. The first-order valence-corrected chi connectivity index (χ1v) is 10.0. The van der Waals surface area contributed by atoms with Crippen LogP contribution in [0, 0.1) is 0 Å². The maximum atomic E-state index is 12.6. The highest BCUT2D eigenvalue weighted by Gasteiger charge is 2.27. The molecular formula is C23H23ClN2O3. The minimum absolute atomic E-state index is 0.0646. The lowest BCUT2D eigenvalue weighted by Crippen LogP contribution is -2.22. The van der Waals surface area contributed by atoms with Gasteiger partial charge in [0.2, 0.25) is 0 Å². The van der Waals surface area contributed by atoms with Crippen LogP contribution in [0.3, 0.4) is 0 Å². The van der Waals surface area contributed by atoms with Crippen LogP contribution < -0.4 is 5.32 Å². The van der Waals surface area contributed by atoms with Crippen LogP contribution >= 0.6 is 11.6 Å². The van der Waals surface area contributed by atoms with Crippen LogP contribution in [0.15, 0.2) is 36.4 Å². The number of aromatic nitrogens is 1. The summed E-state index contributed by atoms with van der Waals surface area (Å²) in [5.74, 6) is -0.332. The first-order chi connectivity index (χ1) is 13.9. The molecule has 1 atom stereocenters. The molecule has 1 heterocycles. The number of halogens is 1. The number of carbonyl (C=O) groups is 2. The van der Waals surface area contributed by atoms with Gasteiger partial charge >= 0.3 is 5.97 Å². The zero-order valence-electron chi connectivity index (χ0n) is 16.7. The molecule has 150 valence electrons. The van der Waals surface area contributed by atoms with Gasteiger partial charge in [-0.15, -0.1) is 0 Å². The summed E-state index contributed by atoms with van der Waals surface area (Å²) in [6.45, 7) is 2.07. The Morgan fingerprint density at radius 3 is 2.79 bits per heavy atom. The molecule has 0 amide bonds. The number of ketones is 1. The van der Waals surface area contributed by atoms with Crippen LogP contribution in [-0.2, 0) is 24.8 Å². The summed E-state index contributed by atoms with van der Waals surface area (Å²) < 4.78 is 7.04. The van der Waals surface area contributed by atoms with Crippen LogP contribution in [0.25, 0.3) is 10.9 Å². The first-order valence-electron chi connectivity index (χ1n) is 9.63. The lowest BCUT2D eigenvalue weighted by Gasteiger charge is -2.16. The van der Waals surface area contributed by atoms with Gasteiger partial charge in [0.1, 0.15) is 0 Å². The number of ether oxygens (including phenoxy) is 1. The van der Waals surface area contributed by atoms with Crippen molar-refractivity contribution < 1.29 is 14.3 Å². The fourth-order valence-corrected chi connectivity index (χ4v) is 4.54. The number of nitrogens with zero attached hydrogens (tertiary/aromatic N) is 1. The molecule has 1 aromatic heterocycles. The fourth-order valence-electron chi connectivity index (χ4n) is 4.28. The molecule has 1 aliphatic rings. The molecule has 1 unspecified atom stereocenters. The Balaban J connectivity index is 1.70. The van der Waals surface area contributed by atoms with E-state index in [0.29, 0.717) is 22.5 Å². The van der Waals surface area contributed by atoms with Crippen LogP contribution in [0.5, 0.6) is 0 Å². The molecule has 2 aromatic carbocycles. The highest BCUT2D eigenvalue weighted by atomic mass is 35.5.